The van der Waals surface area contributed by atoms with Crippen molar-refractivity contribution in [2.45, 2.75) is 65.0 Å². The van der Waals surface area contributed by atoms with Crippen molar-refractivity contribution in [1.29, 1.82) is 0 Å². The number of hydrogen-bond acceptors (Lipinski definition) is 3. The van der Waals surface area contributed by atoms with Gasteiger partial charge in [0.1, 0.15) is 6.54 Å². The molecular formula is C20H40IN5O. The molecule has 27 heavy (non-hydrogen) atoms. The van der Waals surface area contributed by atoms with Crippen LogP contribution in [0.15, 0.2) is 4.99 Å². The molecule has 2 atom stereocenters. The number of nitrogens with zero attached hydrogens (tertiary/aromatic N) is 3. The predicted octanol–water partition coefficient (Wildman–Crippen LogP) is 2.54. The fraction of sp³-hybridized carbons (Fsp3) is 0.900. The molecule has 158 valence electrons. The van der Waals surface area contributed by atoms with E-state index in [0.717, 1.165) is 31.5 Å². The summed E-state index contributed by atoms with van der Waals surface area (Å²) in [6, 6.07) is 0.944. The van der Waals surface area contributed by atoms with Crippen LogP contribution in [0.4, 0.5) is 0 Å². The molecule has 0 bridgehead atoms. The van der Waals surface area contributed by atoms with Gasteiger partial charge >= 0.3 is 0 Å². The highest BCUT2D eigenvalue weighted by molar-refractivity contribution is 14.0. The average Bonchev–Trinajstić information content (AvgIpc) is 2.98. The minimum atomic E-state index is 0. The van der Waals surface area contributed by atoms with E-state index in [2.05, 4.69) is 41.3 Å². The zero-order chi connectivity index (χ0) is 19.1. The Labute approximate surface area is 182 Å². The Bertz CT molecular complexity index is 477. The molecule has 0 aromatic rings. The molecule has 1 amide bonds. The van der Waals surface area contributed by atoms with Crippen molar-refractivity contribution in [3.8, 4) is 0 Å². The Morgan fingerprint density at radius 3 is 2.41 bits per heavy atom. The van der Waals surface area contributed by atoms with Gasteiger partial charge in [0.15, 0.2) is 5.96 Å². The van der Waals surface area contributed by atoms with Crippen molar-refractivity contribution >= 4 is 35.8 Å². The molecule has 0 spiro atoms. The molecule has 1 heterocycles. The maximum atomic E-state index is 12.0. The molecule has 1 aliphatic heterocycles. The summed E-state index contributed by atoms with van der Waals surface area (Å²) in [5, 5.41) is 7.14. The van der Waals surface area contributed by atoms with Crippen molar-refractivity contribution in [3.05, 3.63) is 0 Å². The molecule has 2 fully saturated rings. The third kappa shape index (κ3) is 8.13. The maximum absolute atomic E-state index is 12.0. The summed E-state index contributed by atoms with van der Waals surface area (Å²) in [5.41, 5.74) is 0. The normalized spacial score (nSPS) is 24.6. The highest BCUT2D eigenvalue weighted by atomic mass is 127. The molecular weight excluding hydrogens is 453 g/mol. The Morgan fingerprint density at radius 2 is 1.85 bits per heavy atom. The first kappa shape index (κ1) is 24.5. The molecule has 1 saturated heterocycles. The van der Waals surface area contributed by atoms with Crippen LogP contribution in [0.3, 0.4) is 0 Å². The molecule has 1 saturated carbocycles. The van der Waals surface area contributed by atoms with E-state index < -0.39 is 0 Å². The summed E-state index contributed by atoms with van der Waals surface area (Å²) in [5.74, 6) is 2.14. The van der Waals surface area contributed by atoms with Gasteiger partial charge in [-0.05, 0) is 38.5 Å². The van der Waals surface area contributed by atoms with Gasteiger partial charge in [-0.15, -0.1) is 24.0 Å². The number of likely N-dealkylation sites (tertiary alicyclic amines) is 1. The standard InChI is InChI=1S/C20H39N5O.HI/c1-15(2)25-13-16(3)18(14-25)23-20(22-12-19(26)24(4)5)21-11-17-9-7-6-8-10-17;/h15-18H,6-14H2,1-5H3,(H2,21,22,23);1H. The summed E-state index contributed by atoms with van der Waals surface area (Å²) in [6.07, 6.45) is 6.66. The van der Waals surface area contributed by atoms with E-state index in [0.29, 0.717) is 18.0 Å². The van der Waals surface area contributed by atoms with Crippen LogP contribution in [0.25, 0.3) is 0 Å². The monoisotopic (exact) mass is 493 g/mol. The number of hydrogen-bond donors (Lipinski definition) is 2. The molecule has 7 heteroatoms. The van der Waals surface area contributed by atoms with E-state index in [1.54, 1.807) is 19.0 Å². The lowest BCUT2D eigenvalue weighted by Crippen LogP contribution is -2.48. The van der Waals surface area contributed by atoms with Gasteiger partial charge in [-0.25, -0.2) is 4.99 Å². The van der Waals surface area contributed by atoms with E-state index in [4.69, 9.17) is 0 Å². The predicted molar refractivity (Wildman–Crippen MR) is 124 cm³/mol. The number of rotatable bonds is 6. The van der Waals surface area contributed by atoms with E-state index in [1.807, 2.05) is 0 Å². The molecule has 2 N–H and O–H groups in total. The van der Waals surface area contributed by atoms with Crippen LogP contribution in [-0.4, -0.2) is 74.0 Å². The fourth-order valence-electron chi connectivity index (χ4n) is 3.86. The Morgan fingerprint density at radius 1 is 1.19 bits per heavy atom. The van der Waals surface area contributed by atoms with Crippen molar-refractivity contribution in [1.82, 2.24) is 20.4 Å². The molecule has 2 unspecified atom stereocenters. The summed E-state index contributed by atoms with van der Waals surface area (Å²) in [6.45, 7) is 10.1. The number of amides is 1. The summed E-state index contributed by atoms with van der Waals surface area (Å²) < 4.78 is 0. The second-order valence-corrected chi connectivity index (χ2v) is 8.61. The quantitative estimate of drug-likeness (QED) is 0.339. The molecule has 2 rings (SSSR count). The SMILES string of the molecule is CC1CN(C(C)C)CC1NC(=NCC(=O)N(C)C)NCC1CCCCC1.I. The summed E-state index contributed by atoms with van der Waals surface area (Å²) in [7, 11) is 3.56. The van der Waals surface area contributed by atoms with Gasteiger partial charge in [0.05, 0.1) is 0 Å². The molecule has 1 aliphatic carbocycles. The Hall–Kier alpha value is -0.570. The zero-order valence-electron chi connectivity index (χ0n) is 17.8. The first-order valence-corrected chi connectivity index (χ1v) is 10.4. The largest absolute Gasteiger partial charge is 0.356 e. The summed E-state index contributed by atoms with van der Waals surface area (Å²) >= 11 is 0. The number of halogens is 1. The second kappa shape index (κ2) is 12.1. The van der Waals surface area contributed by atoms with E-state index in [9.17, 15) is 4.79 Å². The van der Waals surface area contributed by atoms with Gasteiger partial charge in [0.2, 0.25) is 5.91 Å². The minimum Gasteiger partial charge on any atom is -0.356 e. The molecule has 0 radical (unpaired) electrons. The Balaban J connectivity index is 0.00000364. The average molecular weight is 493 g/mol. The van der Waals surface area contributed by atoms with E-state index in [-0.39, 0.29) is 36.4 Å². The maximum Gasteiger partial charge on any atom is 0.243 e. The van der Waals surface area contributed by atoms with Crippen LogP contribution in [0.5, 0.6) is 0 Å². The fourth-order valence-corrected chi connectivity index (χ4v) is 3.86. The third-order valence-corrected chi connectivity index (χ3v) is 5.85. The Kier molecular flexibility index (Phi) is 11.0. The second-order valence-electron chi connectivity index (χ2n) is 8.61. The lowest BCUT2D eigenvalue weighted by molar-refractivity contribution is -0.127. The lowest BCUT2D eigenvalue weighted by atomic mass is 9.89. The van der Waals surface area contributed by atoms with Crippen LogP contribution in [0.1, 0.15) is 52.9 Å². The highest BCUT2D eigenvalue weighted by Crippen LogP contribution is 2.23. The first-order chi connectivity index (χ1) is 12.4. The van der Waals surface area contributed by atoms with Crippen LogP contribution >= 0.6 is 24.0 Å². The van der Waals surface area contributed by atoms with Crippen molar-refractivity contribution in [2.24, 2.45) is 16.8 Å². The van der Waals surface area contributed by atoms with Crippen LogP contribution in [-0.2, 0) is 4.79 Å². The van der Waals surface area contributed by atoms with Gasteiger partial charge in [-0.2, -0.15) is 0 Å². The van der Waals surface area contributed by atoms with E-state index in [1.165, 1.54) is 32.1 Å². The van der Waals surface area contributed by atoms with Crippen molar-refractivity contribution < 1.29 is 4.79 Å². The van der Waals surface area contributed by atoms with Crippen molar-refractivity contribution in [3.63, 3.8) is 0 Å². The van der Waals surface area contributed by atoms with Crippen LogP contribution in [0.2, 0.25) is 0 Å². The molecule has 6 nitrogen and oxygen atoms in total. The zero-order valence-corrected chi connectivity index (χ0v) is 20.2. The molecule has 0 aromatic carbocycles. The number of carbonyl (C=O) groups is 1. The number of aliphatic imine (C=N–C) groups is 1. The highest BCUT2D eigenvalue weighted by Gasteiger charge is 2.31. The number of carbonyl (C=O) groups excluding carboxylic acids is 1. The van der Waals surface area contributed by atoms with Crippen LogP contribution in [0, 0.1) is 11.8 Å². The topological polar surface area (TPSA) is 60.0 Å². The van der Waals surface area contributed by atoms with Gasteiger partial charge in [0.25, 0.3) is 0 Å². The smallest absolute Gasteiger partial charge is 0.243 e. The number of nitrogens with one attached hydrogen (secondary N) is 2. The van der Waals surface area contributed by atoms with Gasteiger partial charge in [-0.3, -0.25) is 9.69 Å². The third-order valence-electron chi connectivity index (χ3n) is 5.85. The molecule has 0 aromatic heterocycles. The summed E-state index contributed by atoms with van der Waals surface area (Å²) in [4.78, 5) is 20.6. The van der Waals surface area contributed by atoms with Gasteiger partial charge in [0, 0.05) is 45.8 Å². The van der Waals surface area contributed by atoms with Crippen LogP contribution < -0.4 is 10.6 Å². The van der Waals surface area contributed by atoms with Crippen molar-refractivity contribution in [2.75, 3.05) is 40.3 Å². The lowest BCUT2D eigenvalue weighted by Gasteiger charge is -2.25. The minimum absolute atomic E-state index is 0. The van der Waals surface area contributed by atoms with Gasteiger partial charge < -0.3 is 15.5 Å². The number of guanidine groups is 1. The van der Waals surface area contributed by atoms with Gasteiger partial charge in [-0.1, -0.05) is 26.2 Å². The molecule has 2 aliphatic rings. The number of likely N-dealkylation sites (N-methyl/N-ethyl adjacent to an activating group) is 1. The first-order valence-electron chi connectivity index (χ1n) is 10.4. The van der Waals surface area contributed by atoms with E-state index >= 15 is 0 Å².